The number of hydrogen-bond donors (Lipinski definition) is 0. The van der Waals surface area contributed by atoms with Crippen molar-refractivity contribution in [2.45, 2.75) is 26.9 Å². The fourth-order valence-electron chi connectivity index (χ4n) is 1.36. The molecule has 0 aliphatic heterocycles. The molecular formula is C9H13N3O4. The third-order valence-electron chi connectivity index (χ3n) is 2.19. The first-order valence-electron chi connectivity index (χ1n) is 4.79. The lowest BCUT2D eigenvalue weighted by molar-refractivity contribution is -0.390. The topological polar surface area (TPSA) is 87.3 Å². The molecule has 0 saturated carbocycles. The van der Waals surface area contributed by atoms with E-state index in [0.29, 0.717) is 17.9 Å². The monoisotopic (exact) mass is 227 g/mol. The second kappa shape index (κ2) is 4.73. The normalized spacial score (nSPS) is 10.2. The van der Waals surface area contributed by atoms with Gasteiger partial charge in [0.15, 0.2) is 5.69 Å². The summed E-state index contributed by atoms with van der Waals surface area (Å²) in [4.78, 5) is 24.7. The molecule has 7 heteroatoms. The third-order valence-corrected chi connectivity index (χ3v) is 2.19. The number of esters is 1. The first kappa shape index (κ1) is 12.2. The van der Waals surface area contributed by atoms with Gasteiger partial charge in [0.25, 0.3) is 0 Å². The minimum atomic E-state index is -0.571. The number of rotatable bonds is 4. The number of nitrogens with zero attached hydrogens (tertiary/aromatic N) is 3. The molecule has 0 atom stereocenters. The van der Waals surface area contributed by atoms with Gasteiger partial charge in [-0.2, -0.15) is 0 Å². The Hall–Kier alpha value is -1.92. The molecule has 1 aromatic rings. The number of nitro groups is 1. The highest BCUT2D eigenvalue weighted by atomic mass is 16.6. The van der Waals surface area contributed by atoms with Crippen molar-refractivity contribution in [3.63, 3.8) is 0 Å². The summed E-state index contributed by atoms with van der Waals surface area (Å²) < 4.78 is 6.34. The number of hydrogen-bond acceptors (Lipinski definition) is 5. The smallest absolute Gasteiger partial charge is 0.388 e. The van der Waals surface area contributed by atoms with Crippen LogP contribution in [0.15, 0.2) is 0 Å². The molecule has 0 N–H and O–H groups in total. The van der Waals surface area contributed by atoms with Crippen LogP contribution >= 0.6 is 0 Å². The molecular weight excluding hydrogens is 214 g/mol. The summed E-state index contributed by atoms with van der Waals surface area (Å²) in [5.41, 5.74) is 0.303. The van der Waals surface area contributed by atoms with E-state index in [1.54, 1.807) is 11.6 Å². The molecule has 1 rings (SSSR count). The van der Waals surface area contributed by atoms with Gasteiger partial charge in [-0.05, 0) is 9.91 Å². The van der Waals surface area contributed by atoms with E-state index in [2.05, 4.69) is 4.98 Å². The lowest BCUT2D eigenvalue weighted by Gasteiger charge is -2.02. The van der Waals surface area contributed by atoms with Crippen LogP contribution in [0.2, 0.25) is 0 Å². The van der Waals surface area contributed by atoms with E-state index in [9.17, 15) is 14.9 Å². The Labute approximate surface area is 92.2 Å². The van der Waals surface area contributed by atoms with Crippen molar-refractivity contribution in [2.24, 2.45) is 7.05 Å². The van der Waals surface area contributed by atoms with Crippen molar-refractivity contribution in [3.8, 4) is 0 Å². The van der Waals surface area contributed by atoms with Crippen LogP contribution in [0.4, 0.5) is 5.82 Å². The Morgan fingerprint density at radius 2 is 2.25 bits per heavy atom. The predicted molar refractivity (Wildman–Crippen MR) is 54.7 cm³/mol. The lowest BCUT2D eigenvalue weighted by Crippen LogP contribution is -2.06. The zero-order valence-electron chi connectivity index (χ0n) is 9.39. The highest BCUT2D eigenvalue weighted by Gasteiger charge is 2.25. The van der Waals surface area contributed by atoms with E-state index in [0.717, 1.165) is 0 Å². The Morgan fingerprint density at radius 1 is 1.62 bits per heavy atom. The number of ether oxygens (including phenoxy) is 1. The van der Waals surface area contributed by atoms with E-state index in [1.165, 1.54) is 6.92 Å². The van der Waals surface area contributed by atoms with Crippen LogP contribution in [-0.2, 0) is 29.6 Å². The average Bonchev–Trinajstić information content (AvgIpc) is 2.52. The Balaban J connectivity index is 3.07. The second-order valence-electron chi connectivity index (χ2n) is 3.25. The number of carbonyl (C=O) groups excluding carboxylic acids is 1. The summed E-state index contributed by atoms with van der Waals surface area (Å²) in [5, 5.41) is 10.7. The van der Waals surface area contributed by atoms with Gasteiger partial charge < -0.3 is 19.4 Å². The zero-order chi connectivity index (χ0) is 12.3. The maximum Gasteiger partial charge on any atom is 0.388 e. The molecule has 0 radical (unpaired) electrons. The first-order chi connectivity index (χ1) is 7.47. The van der Waals surface area contributed by atoms with E-state index >= 15 is 0 Å². The van der Waals surface area contributed by atoms with Gasteiger partial charge in [0.2, 0.25) is 5.82 Å². The van der Waals surface area contributed by atoms with E-state index in [-0.39, 0.29) is 12.4 Å². The summed E-state index contributed by atoms with van der Waals surface area (Å²) in [7, 11) is 1.66. The van der Waals surface area contributed by atoms with Crippen molar-refractivity contribution in [1.82, 2.24) is 9.55 Å². The van der Waals surface area contributed by atoms with Crippen LogP contribution in [-0.4, -0.2) is 20.4 Å². The van der Waals surface area contributed by atoms with E-state index in [4.69, 9.17) is 4.74 Å². The van der Waals surface area contributed by atoms with Gasteiger partial charge in [0.1, 0.15) is 6.61 Å². The molecule has 0 fully saturated rings. The number of aryl methyl sites for hydroxylation is 1. The Morgan fingerprint density at radius 3 is 2.69 bits per heavy atom. The molecule has 1 heterocycles. The van der Waals surface area contributed by atoms with Gasteiger partial charge in [-0.15, -0.1) is 0 Å². The quantitative estimate of drug-likeness (QED) is 0.434. The van der Waals surface area contributed by atoms with Crippen LogP contribution < -0.4 is 0 Å². The number of carbonyl (C=O) groups is 1. The maximum absolute atomic E-state index is 10.7. The Bertz CT molecular complexity index is 425. The van der Waals surface area contributed by atoms with E-state index in [1.807, 2.05) is 6.92 Å². The highest BCUT2D eigenvalue weighted by molar-refractivity contribution is 5.66. The molecule has 0 amide bonds. The van der Waals surface area contributed by atoms with Gasteiger partial charge in [-0.25, -0.2) is 0 Å². The molecule has 0 bridgehead atoms. The van der Waals surface area contributed by atoms with Crippen LogP contribution in [0, 0.1) is 10.1 Å². The molecule has 16 heavy (non-hydrogen) atoms. The van der Waals surface area contributed by atoms with E-state index < -0.39 is 10.9 Å². The molecule has 0 aliphatic carbocycles. The van der Waals surface area contributed by atoms with Crippen molar-refractivity contribution in [3.05, 3.63) is 21.6 Å². The van der Waals surface area contributed by atoms with Crippen molar-refractivity contribution >= 4 is 11.8 Å². The standard InChI is InChI=1S/C9H13N3O4/c1-4-8-10-9(12(14)15)7(11(8)3)5-16-6(2)13/h4-5H2,1-3H3. The summed E-state index contributed by atoms with van der Waals surface area (Å²) in [6.07, 6.45) is 0.581. The maximum atomic E-state index is 10.7. The molecule has 0 aromatic carbocycles. The summed E-state index contributed by atoms with van der Waals surface area (Å²) in [6, 6.07) is 0. The fourth-order valence-corrected chi connectivity index (χ4v) is 1.36. The highest BCUT2D eigenvalue weighted by Crippen LogP contribution is 2.19. The van der Waals surface area contributed by atoms with Crippen molar-refractivity contribution in [2.75, 3.05) is 0 Å². The minimum absolute atomic E-state index is 0.130. The van der Waals surface area contributed by atoms with Gasteiger partial charge in [0, 0.05) is 20.4 Å². The van der Waals surface area contributed by atoms with Gasteiger partial charge in [-0.3, -0.25) is 4.79 Å². The zero-order valence-corrected chi connectivity index (χ0v) is 9.39. The van der Waals surface area contributed by atoms with Crippen molar-refractivity contribution in [1.29, 1.82) is 0 Å². The third kappa shape index (κ3) is 2.36. The van der Waals surface area contributed by atoms with Crippen LogP contribution in [0.5, 0.6) is 0 Å². The lowest BCUT2D eigenvalue weighted by atomic mass is 10.4. The van der Waals surface area contributed by atoms with Crippen molar-refractivity contribution < 1.29 is 14.5 Å². The minimum Gasteiger partial charge on any atom is -0.459 e. The largest absolute Gasteiger partial charge is 0.459 e. The molecule has 0 aliphatic rings. The molecule has 0 spiro atoms. The molecule has 0 saturated heterocycles. The SMILES string of the molecule is CCc1nc([N+](=O)[O-])c(COC(C)=O)n1C. The van der Waals surface area contributed by atoms with Crippen LogP contribution in [0.3, 0.4) is 0 Å². The first-order valence-corrected chi connectivity index (χ1v) is 4.79. The van der Waals surface area contributed by atoms with Crippen LogP contribution in [0.25, 0.3) is 0 Å². The Kier molecular flexibility index (Phi) is 3.60. The second-order valence-corrected chi connectivity index (χ2v) is 3.25. The predicted octanol–water partition coefficient (Wildman–Crippen LogP) is 0.954. The molecule has 0 unspecified atom stereocenters. The summed E-state index contributed by atoms with van der Waals surface area (Å²) >= 11 is 0. The molecule has 88 valence electrons. The number of aromatic nitrogens is 2. The summed E-state index contributed by atoms with van der Waals surface area (Å²) in [5.74, 6) is -0.136. The van der Waals surface area contributed by atoms with Gasteiger partial charge >= 0.3 is 11.8 Å². The summed E-state index contributed by atoms with van der Waals surface area (Å²) in [6.45, 7) is 2.97. The molecule has 1 aromatic heterocycles. The van der Waals surface area contributed by atoms with Gasteiger partial charge in [-0.1, -0.05) is 6.92 Å². The van der Waals surface area contributed by atoms with Crippen LogP contribution in [0.1, 0.15) is 25.4 Å². The fraction of sp³-hybridized carbons (Fsp3) is 0.556. The average molecular weight is 227 g/mol. The molecule has 7 nitrogen and oxygen atoms in total. The number of imidazole rings is 1. The van der Waals surface area contributed by atoms with Gasteiger partial charge in [0.05, 0.1) is 0 Å².